The van der Waals surface area contributed by atoms with Gasteiger partial charge in [0.05, 0.1) is 31.6 Å². The Hall–Kier alpha value is -0.910. The summed E-state index contributed by atoms with van der Waals surface area (Å²) < 4.78 is 11.1. The number of rotatable bonds is 5. The van der Waals surface area contributed by atoms with Crippen molar-refractivity contribution in [1.82, 2.24) is 15.1 Å². The summed E-state index contributed by atoms with van der Waals surface area (Å²) in [5.41, 5.74) is 3.62. The van der Waals surface area contributed by atoms with Crippen LogP contribution in [0.25, 0.3) is 0 Å². The predicted molar refractivity (Wildman–Crippen MR) is 69.8 cm³/mol. The Morgan fingerprint density at radius 2 is 2.22 bits per heavy atom. The van der Waals surface area contributed by atoms with Gasteiger partial charge in [0, 0.05) is 18.8 Å². The van der Waals surface area contributed by atoms with E-state index in [1.807, 2.05) is 0 Å². The molecule has 0 unspecified atom stereocenters. The monoisotopic (exact) mass is 253 g/mol. The largest absolute Gasteiger partial charge is 0.376 e. The third-order valence-electron chi connectivity index (χ3n) is 3.42. The highest BCUT2D eigenvalue weighted by molar-refractivity contribution is 5.23. The summed E-state index contributed by atoms with van der Waals surface area (Å²) in [5.74, 6) is 0. The number of aromatic nitrogens is 2. The van der Waals surface area contributed by atoms with Crippen LogP contribution in [0.3, 0.4) is 0 Å². The van der Waals surface area contributed by atoms with E-state index in [0.29, 0.717) is 6.61 Å². The van der Waals surface area contributed by atoms with Crippen LogP contribution in [0.4, 0.5) is 0 Å². The molecule has 1 aromatic rings. The van der Waals surface area contributed by atoms with E-state index in [2.05, 4.69) is 36.0 Å². The molecule has 2 heterocycles. The Morgan fingerprint density at radius 3 is 2.83 bits per heavy atom. The Kier molecular flexibility index (Phi) is 4.74. The highest BCUT2D eigenvalue weighted by atomic mass is 16.6. The standard InChI is InChI=1S/C13H23N3O2/c1-10-13(11(2)15-14-10)4-5-16(3)8-12-9-17-6-7-18-12/h12H,4-9H2,1-3H3,(H,14,15)/t12-/m1/s1. The van der Waals surface area contributed by atoms with Crippen molar-refractivity contribution in [3.63, 3.8) is 0 Å². The molecule has 1 fully saturated rings. The van der Waals surface area contributed by atoms with Crippen molar-refractivity contribution in [2.75, 3.05) is 40.0 Å². The smallest absolute Gasteiger partial charge is 0.0936 e. The van der Waals surface area contributed by atoms with Crippen LogP contribution >= 0.6 is 0 Å². The summed E-state index contributed by atoms with van der Waals surface area (Å²) in [6.07, 6.45) is 1.24. The molecule has 0 saturated carbocycles. The normalized spacial score (nSPS) is 20.6. The summed E-state index contributed by atoms with van der Waals surface area (Å²) in [4.78, 5) is 2.30. The average molecular weight is 253 g/mol. The second-order valence-corrected chi connectivity index (χ2v) is 4.99. The average Bonchev–Trinajstić information content (AvgIpc) is 2.68. The third kappa shape index (κ3) is 3.54. The molecule has 1 aromatic heterocycles. The minimum absolute atomic E-state index is 0.218. The van der Waals surface area contributed by atoms with Gasteiger partial charge in [0.2, 0.25) is 0 Å². The number of nitrogens with zero attached hydrogens (tertiary/aromatic N) is 2. The van der Waals surface area contributed by atoms with Crippen molar-refractivity contribution in [1.29, 1.82) is 0 Å². The van der Waals surface area contributed by atoms with Crippen molar-refractivity contribution in [3.8, 4) is 0 Å². The minimum atomic E-state index is 0.218. The second kappa shape index (κ2) is 6.31. The number of aromatic amines is 1. The van der Waals surface area contributed by atoms with Gasteiger partial charge in [-0.3, -0.25) is 5.10 Å². The maximum atomic E-state index is 5.65. The molecular weight excluding hydrogens is 230 g/mol. The van der Waals surface area contributed by atoms with Crippen LogP contribution in [0.5, 0.6) is 0 Å². The van der Waals surface area contributed by atoms with E-state index in [9.17, 15) is 0 Å². The highest BCUT2D eigenvalue weighted by Gasteiger charge is 2.16. The van der Waals surface area contributed by atoms with Crippen LogP contribution in [0.15, 0.2) is 0 Å². The van der Waals surface area contributed by atoms with Crippen LogP contribution in [0.1, 0.15) is 17.0 Å². The molecule has 1 saturated heterocycles. The number of aryl methyl sites for hydroxylation is 2. The third-order valence-corrected chi connectivity index (χ3v) is 3.42. The van der Waals surface area contributed by atoms with E-state index >= 15 is 0 Å². The molecule has 1 aliphatic heterocycles. The summed E-state index contributed by atoms with van der Waals surface area (Å²) in [6, 6.07) is 0. The van der Waals surface area contributed by atoms with Crippen LogP contribution < -0.4 is 0 Å². The van der Waals surface area contributed by atoms with E-state index in [-0.39, 0.29) is 6.10 Å². The molecule has 18 heavy (non-hydrogen) atoms. The molecule has 0 amide bonds. The van der Waals surface area contributed by atoms with Gasteiger partial charge in [-0.15, -0.1) is 0 Å². The summed E-state index contributed by atoms with van der Waals surface area (Å²) >= 11 is 0. The fourth-order valence-electron chi connectivity index (χ4n) is 2.33. The maximum absolute atomic E-state index is 5.65. The lowest BCUT2D eigenvalue weighted by Gasteiger charge is -2.27. The Labute approximate surface area is 108 Å². The van der Waals surface area contributed by atoms with Gasteiger partial charge < -0.3 is 14.4 Å². The number of H-pyrrole nitrogens is 1. The zero-order chi connectivity index (χ0) is 13.0. The SMILES string of the molecule is Cc1n[nH]c(C)c1CCN(C)C[C@@H]1COCCO1. The molecule has 2 rings (SSSR count). The first kappa shape index (κ1) is 13.5. The molecule has 0 bridgehead atoms. The number of hydrogen-bond donors (Lipinski definition) is 1. The van der Waals surface area contributed by atoms with Crippen LogP contribution in [0.2, 0.25) is 0 Å². The van der Waals surface area contributed by atoms with E-state index < -0.39 is 0 Å². The van der Waals surface area contributed by atoms with Gasteiger partial charge in [-0.2, -0.15) is 5.10 Å². The van der Waals surface area contributed by atoms with Gasteiger partial charge in [-0.25, -0.2) is 0 Å². The van der Waals surface area contributed by atoms with Crippen molar-refractivity contribution >= 4 is 0 Å². The van der Waals surface area contributed by atoms with Crippen LogP contribution in [-0.2, 0) is 15.9 Å². The van der Waals surface area contributed by atoms with Crippen molar-refractivity contribution in [2.45, 2.75) is 26.4 Å². The summed E-state index contributed by atoms with van der Waals surface area (Å²) in [7, 11) is 2.13. The molecule has 1 atom stereocenters. The van der Waals surface area contributed by atoms with E-state index in [0.717, 1.165) is 38.4 Å². The first-order valence-corrected chi connectivity index (χ1v) is 6.55. The molecule has 0 aliphatic carbocycles. The van der Waals surface area contributed by atoms with E-state index in [1.54, 1.807) is 0 Å². The molecule has 1 aliphatic rings. The first-order chi connectivity index (χ1) is 8.66. The number of hydrogen-bond acceptors (Lipinski definition) is 4. The fraction of sp³-hybridized carbons (Fsp3) is 0.769. The van der Waals surface area contributed by atoms with Crippen LogP contribution in [0, 0.1) is 13.8 Å². The summed E-state index contributed by atoms with van der Waals surface area (Å²) in [6.45, 7) is 8.24. The van der Waals surface area contributed by atoms with E-state index in [1.165, 1.54) is 11.3 Å². The quantitative estimate of drug-likeness (QED) is 0.847. The first-order valence-electron chi connectivity index (χ1n) is 6.55. The lowest BCUT2D eigenvalue weighted by atomic mass is 10.1. The Morgan fingerprint density at radius 1 is 1.39 bits per heavy atom. The van der Waals surface area contributed by atoms with Crippen LogP contribution in [-0.4, -0.2) is 61.2 Å². The fourth-order valence-corrected chi connectivity index (χ4v) is 2.33. The Bertz CT molecular complexity index is 353. The zero-order valence-corrected chi connectivity index (χ0v) is 11.5. The molecule has 0 spiro atoms. The molecule has 0 aromatic carbocycles. The second-order valence-electron chi connectivity index (χ2n) is 4.99. The van der Waals surface area contributed by atoms with Crippen molar-refractivity contribution < 1.29 is 9.47 Å². The molecular formula is C13H23N3O2. The summed E-state index contributed by atoms with van der Waals surface area (Å²) in [5, 5.41) is 7.25. The number of likely N-dealkylation sites (N-methyl/N-ethyl adjacent to an activating group) is 1. The van der Waals surface area contributed by atoms with E-state index in [4.69, 9.17) is 9.47 Å². The predicted octanol–water partition coefficient (Wildman–Crippen LogP) is 0.916. The van der Waals surface area contributed by atoms with Gasteiger partial charge in [0.25, 0.3) is 0 Å². The van der Waals surface area contributed by atoms with Crippen molar-refractivity contribution in [2.24, 2.45) is 0 Å². The molecule has 0 radical (unpaired) electrons. The van der Waals surface area contributed by atoms with Gasteiger partial charge in [-0.05, 0) is 32.9 Å². The maximum Gasteiger partial charge on any atom is 0.0936 e. The lowest BCUT2D eigenvalue weighted by Crippen LogP contribution is -2.39. The number of nitrogens with one attached hydrogen (secondary N) is 1. The zero-order valence-electron chi connectivity index (χ0n) is 11.5. The number of ether oxygens (including phenoxy) is 2. The molecule has 102 valence electrons. The molecule has 5 nitrogen and oxygen atoms in total. The molecule has 1 N–H and O–H groups in total. The highest BCUT2D eigenvalue weighted by Crippen LogP contribution is 2.11. The Balaban J connectivity index is 1.75. The van der Waals surface area contributed by atoms with Gasteiger partial charge in [-0.1, -0.05) is 0 Å². The topological polar surface area (TPSA) is 50.4 Å². The minimum Gasteiger partial charge on any atom is -0.376 e. The lowest BCUT2D eigenvalue weighted by molar-refractivity contribution is -0.0956. The van der Waals surface area contributed by atoms with Crippen molar-refractivity contribution in [3.05, 3.63) is 17.0 Å². The van der Waals surface area contributed by atoms with Gasteiger partial charge >= 0.3 is 0 Å². The molecule has 5 heteroatoms. The van der Waals surface area contributed by atoms with Gasteiger partial charge in [0.15, 0.2) is 0 Å². The van der Waals surface area contributed by atoms with Gasteiger partial charge in [0.1, 0.15) is 0 Å².